The van der Waals surface area contributed by atoms with Gasteiger partial charge in [0.15, 0.2) is 5.96 Å². The van der Waals surface area contributed by atoms with Gasteiger partial charge in [-0.05, 0) is 31.0 Å². The van der Waals surface area contributed by atoms with Crippen molar-refractivity contribution in [3.8, 4) is 0 Å². The van der Waals surface area contributed by atoms with Crippen molar-refractivity contribution in [1.29, 1.82) is 0 Å². The summed E-state index contributed by atoms with van der Waals surface area (Å²) < 4.78 is 4.69. The van der Waals surface area contributed by atoms with Crippen molar-refractivity contribution < 1.29 is 9.53 Å². The highest BCUT2D eigenvalue weighted by Gasteiger charge is 2.06. The molecule has 0 aliphatic heterocycles. The number of hydrogen-bond donors (Lipinski definition) is 2. The largest absolute Gasteiger partial charge is 0.465 e. The third-order valence-electron chi connectivity index (χ3n) is 3.68. The first-order valence-electron chi connectivity index (χ1n) is 8.25. The molecule has 0 saturated heterocycles. The van der Waals surface area contributed by atoms with Crippen LogP contribution in [0.15, 0.2) is 29.3 Å². The number of nitrogens with one attached hydrogen (secondary N) is 2. The lowest BCUT2D eigenvalue weighted by Gasteiger charge is -2.18. The van der Waals surface area contributed by atoms with E-state index in [-0.39, 0.29) is 29.9 Å². The van der Waals surface area contributed by atoms with E-state index in [4.69, 9.17) is 4.74 Å². The smallest absolute Gasteiger partial charge is 0.337 e. The first-order chi connectivity index (χ1) is 11.1. The minimum absolute atomic E-state index is 0. The standard InChI is InChI=1S/C18H29N3O2.HI/c1-5-6-7-8-14(2)21-18(19-3)20-13-15-9-11-16(12-10-15)17(22)23-4;/h9-12,14H,5-8,13H2,1-4H3,(H2,19,20,21);1H. The van der Waals surface area contributed by atoms with E-state index in [0.717, 1.165) is 17.9 Å². The van der Waals surface area contributed by atoms with Crippen LogP contribution in [0.3, 0.4) is 0 Å². The van der Waals surface area contributed by atoms with Gasteiger partial charge >= 0.3 is 5.97 Å². The molecule has 0 spiro atoms. The van der Waals surface area contributed by atoms with Crippen molar-refractivity contribution in [3.05, 3.63) is 35.4 Å². The molecule has 0 amide bonds. The van der Waals surface area contributed by atoms with Crippen molar-refractivity contribution in [3.63, 3.8) is 0 Å². The predicted octanol–water partition coefficient (Wildman–Crippen LogP) is 3.73. The lowest BCUT2D eigenvalue weighted by molar-refractivity contribution is 0.0600. The highest BCUT2D eigenvalue weighted by Crippen LogP contribution is 2.06. The maximum absolute atomic E-state index is 11.4. The number of ether oxygens (including phenoxy) is 1. The summed E-state index contributed by atoms with van der Waals surface area (Å²) in [6, 6.07) is 7.77. The van der Waals surface area contributed by atoms with Gasteiger partial charge in [0, 0.05) is 19.6 Å². The lowest BCUT2D eigenvalue weighted by Crippen LogP contribution is -2.41. The molecule has 1 atom stereocenters. The van der Waals surface area contributed by atoms with Gasteiger partial charge in [-0.3, -0.25) is 4.99 Å². The summed E-state index contributed by atoms with van der Waals surface area (Å²) in [5.41, 5.74) is 1.64. The van der Waals surface area contributed by atoms with E-state index in [1.165, 1.54) is 26.4 Å². The van der Waals surface area contributed by atoms with Crippen LogP contribution in [0.5, 0.6) is 0 Å². The zero-order chi connectivity index (χ0) is 17.1. The van der Waals surface area contributed by atoms with E-state index in [9.17, 15) is 4.79 Å². The van der Waals surface area contributed by atoms with Gasteiger partial charge in [0.1, 0.15) is 0 Å². The highest BCUT2D eigenvalue weighted by atomic mass is 127. The van der Waals surface area contributed by atoms with Crippen LogP contribution in [0.25, 0.3) is 0 Å². The van der Waals surface area contributed by atoms with Gasteiger partial charge in [0.25, 0.3) is 0 Å². The summed E-state index contributed by atoms with van der Waals surface area (Å²) in [5.74, 6) is 0.480. The summed E-state index contributed by atoms with van der Waals surface area (Å²) >= 11 is 0. The summed E-state index contributed by atoms with van der Waals surface area (Å²) in [6.07, 6.45) is 4.88. The number of aliphatic imine (C=N–C) groups is 1. The molecule has 1 unspecified atom stereocenters. The number of nitrogens with zero attached hydrogens (tertiary/aromatic N) is 1. The molecule has 0 aliphatic rings. The zero-order valence-corrected chi connectivity index (χ0v) is 17.4. The van der Waals surface area contributed by atoms with Crippen LogP contribution >= 0.6 is 24.0 Å². The van der Waals surface area contributed by atoms with E-state index < -0.39 is 0 Å². The fourth-order valence-corrected chi connectivity index (χ4v) is 2.26. The van der Waals surface area contributed by atoms with Crippen molar-refractivity contribution in [2.75, 3.05) is 14.2 Å². The molecular formula is C18H30IN3O2. The molecule has 0 aliphatic carbocycles. The van der Waals surface area contributed by atoms with E-state index in [1.54, 1.807) is 19.2 Å². The maximum Gasteiger partial charge on any atom is 0.337 e. The number of rotatable bonds is 8. The van der Waals surface area contributed by atoms with Crippen molar-refractivity contribution in [1.82, 2.24) is 10.6 Å². The van der Waals surface area contributed by atoms with Crippen LogP contribution in [-0.2, 0) is 11.3 Å². The van der Waals surface area contributed by atoms with E-state index in [0.29, 0.717) is 18.2 Å². The Morgan fingerprint density at radius 2 is 1.92 bits per heavy atom. The fourth-order valence-electron chi connectivity index (χ4n) is 2.26. The molecule has 1 aromatic rings. The molecule has 0 saturated carbocycles. The van der Waals surface area contributed by atoms with Crippen molar-refractivity contribution in [2.45, 2.75) is 52.1 Å². The Morgan fingerprint density at radius 3 is 2.46 bits per heavy atom. The van der Waals surface area contributed by atoms with Crippen LogP contribution in [0.4, 0.5) is 0 Å². The number of hydrogen-bond acceptors (Lipinski definition) is 3. The second-order valence-corrected chi connectivity index (χ2v) is 5.66. The van der Waals surface area contributed by atoms with Crippen LogP contribution in [-0.4, -0.2) is 32.1 Å². The van der Waals surface area contributed by atoms with E-state index in [1.807, 2.05) is 12.1 Å². The molecule has 0 fully saturated rings. The Hall–Kier alpha value is -1.31. The first-order valence-corrected chi connectivity index (χ1v) is 8.25. The Labute approximate surface area is 162 Å². The monoisotopic (exact) mass is 447 g/mol. The molecule has 6 heteroatoms. The zero-order valence-electron chi connectivity index (χ0n) is 15.1. The van der Waals surface area contributed by atoms with Crippen LogP contribution in [0, 0.1) is 0 Å². The van der Waals surface area contributed by atoms with Gasteiger partial charge < -0.3 is 15.4 Å². The first kappa shape index (κ1) is 22.7. The summed E-state index contributed by atoms with van der Waals surface area (Å²) in [4.78, 5) is 15.7. The van der Waals surface area contributed by atoms with Gasteiger partial charge in [0.05, 0.1) is 12.7 Å². The number of carbonyl (C=O) groups excluding carboxylic acids is 1. The molecule has 0 radical (unpaired) electrons. The summed E-state index contributed by atoms with van der Waals surface area (Å²) in [6.45, 7) is 5.04. The second kappa shape index (κ2) is 13.0. The number of esters is 1. The van der Waals surface area contributed by atoms with Gasteiger partial charge in [-0.15, -0.1) is 24.0 Å². The number of unbranched alkanes of at least 4 members (excludes halogenated alkanes) is 2. The van der Waals surface area contributed by atoms with E-state index >= 15 is 0 Å². The molecule has 24 heavy (non-hydrogen) atoms. The predicted molar refractivity (Wildman–Crippen MR) is 110 cm³/mol. The fraction of sp³-hybridized carbons (Fsp3) is 0.556. The van der Waals surface area contributed by atoms with Crippen LogP contribution in [0.2, 0.25) is 0 Å². The van der Waals surface area contributed by atoms with E-state index in [2.05, 4.69) is 29.5 Å². The molecule has 0 bridgehead atoms. The number of guanidine groups is 1. The van der Waals surface area contributed by atoms with Crippen LogP contribution in [0.1, 0.15) is 55.5 Å². The van der Waals surface area contributed by atoms with Gasteiger partial charge in [-0.1, -0.05) is 38.3 Å². The third kappa shape index (κ3) is 8.52. The molecule has 0 heterocycles. The number of halogens is 1. The quantitative estimate of drug-likeness (QED) is 0.210. The highest BCUT2D eigenvalue weighted by molar-refractivity contribution is 14.0. The average molecular weight is 447 g/mol. The minimum Gasteiger partial charge on any atom is -0.465 e. The Morgan fingerprint density at radius 1 is 1.25 bits per heavy atom. The summed E-state index contributed by atoms with van der Waals surface area (Å²) in [5, 5.41) is 6.69. The van der Waals surface area contributed by atoms with Gasteiger partial charge in [-0.25, -0.2) is 4.79 Å². The maximum atomic E-state index is 11.4. The minimum atomic E-state index is -0.317. The second-order valence-electron chi connectivity index (χ2n) is 5.66. The molecular weight excluding hydrogens is 417 g/mol. The van der Waals surface area contributed by atoms with Crippen molar-refractivity contribution in [2.24, 2.45) is 4.99 Å². The molecule has 1 rings (SSSR count). The normalized spacial score (nSPS) is 12.1. The SMILES string of the molecule is CCCCCC(C)NC(=NC)NCc1ccc(C(=O)OC)cc1.I. The Balaban J connectivity index is 0.00000529. The molecule has 1 aromatic carbocycles. The number of methoxy groups -OCH3 is 1. The van der Waals surface area contributed by atoms with Crippen molar-refractivity contribution >= 4 is 35.9 Å². The molecule has 2 N–H and O–H groups in total. The lowest BCUT2D eigenvalue weighted by atomic mass is 10.1. The Kier molecular flexibility index (Phi) is 12.3. The molecule has 5 nitrogen and oxygen atoms in total. The third-order valence-corrected chi connectivity index (χ3v) is 3.68. The molecule has 0 aromatic heterocycles. The summed E-state index contributed by atoms with van der Waals surface area (Å²) in [7, 11) is 3.16. The van der Waals surface area contributed by atoms with Gasteiger partial charge in [0.2, 0.25) is 0 Å². The average Bonchev–Trinajstić information content (AvgIpc) is 2.58. The number of benzene rings is 1. The topological polar surface area (TPSA) is 62.7 Å². The van der Waals surface area contributed by atoms with Gasteiger partial charge in [-0.2, -0.15) is 0 Å². The Bertz CT molecular complexity index is 503. The van der Waals surface area contributed by atoms with Crippen LogP contribution < -0.4 is 10.6 Å². The number of carbonyl (C=O) groups is 1. The molecule has 136 valence electrons.